The summed E-state index contributed by atoms with van der Waals surface area (Å²) < 4.78 is 0. The first-order chi connectivity index (χ1) is 29.1. The van der Waals surface area contributed by atoms with Gasteiger partial charge in [-0.25, -0.2) is 0 Å². The van der Waals surface area contributed by atoms with Crippen LogP contribution in [0.1, 0.15) is 41.4 Å². The van der Waals surface area contributed by atoms with Crippen LogP contribution in [0.5, 0.6) is 0 Å². The number of carbonyl (C=O) groups excluding carboxylic acids is 4. The van der Waals surface area contributed by atoms with Crippen LogP contribution in [0, 0.1) is 0 Å². The van der Waals surface area contributed by atoms with Crippen LogP contribution in [-0.2, 0) is 19.8 Å². The van der Waals surface area contributed by atoms with Gasteiger partial charge in [-0.3, -0.25) is 39.9 Å². The number of hydrogen-bond donors (Lipinski definition) is 0. The average molecular weight is 987 g/mol. The topological polar surface area (TPSA) is 264 Å². The Hall–Kier alpha value is -8.28. The van der Waals surface area contributed by atoms with Crippen LogP contribution in [0.4, 0.5) is 0 Å². The quantitative estimate of drug-likeness (QED) is 0.211. The van der Waals surface area contributed by atoms with E-state index in [1.807, 2.05) is 72.8 Å². The Bertz CT molecular complexity index is 2310. The van der Waals surface area contributed by atoms with Crippen molar-refractivity contribution in [3.63, 3.8) is 0 Å². The van der Waals surface area contributed by atoms with E-state index in [0.29, 0.717) is 0 Å². The molecule has 61 heavy (non-hydrogen) atoms. The number of nitrogens with zero attached hydrogens (tertiary/aromatic N) is 8. The second-order valence-electron chi connectivity index (χ2n) is 11.7. The summed E-state index contributed by atoms with van der Waals surface area (Å²) in [7, 11) is 0. The molecular formula is C44H28N8O8Os. The molecule has 0 fully saturated rings. The van der Waals surface area contributed by atoms with Crippen molar-refractivity contribution in [3.05, 3.63) is 193 Å². The molecule has 0 bridgehead atoms. The fourth-order valence-corrected chi connectivity index (χ4v) is 4.85. The number of aromatic carboxylic acids is 4. The molecule has 0 aromatic carbocycles. The largest absolute Gasteiger partial charge is 4.00 e. The Kier molecular flexibility index (Phi) is 17.3. The molecule has 0 spiro atoms. The Morgan fingerprint density at radius 3 is 0.639 bits per heavy atom. The molecule has 8 rings (SSSR count). The summed E-state index contributed by atoms with van der Waals surface area (Å²) in [5, 5.41) is 42.8. The molecular weight excluding hydrogens is 959 g/mol. The molecule has 0 aliphatic heterocycles. The van der Waals surface area contributed by atoms with Gasteiger partial charge in [0.25, 0.3) is 0 Å². The van der Waals surface area contributed by atoms with Gasteiger partial charge in [0.2, 0.25) is 0 Å². The molecule has 8 heterocycles. The Labute approximate surface area is 360 Å². The minimum atomic E-state index is -1.34. The van der Waals surface area contributed by atoms with E-state index in [-0.39, 0.29) is 64.8 Å². The van der Waals surface area contributed by atoms with Crippen molar-refractivity contribution in [1.82, 2.24) is 39.9 Å². The number of carboxylic acid groups (broad SMARTS) is 4. The number of carboxylic acids is 4. The molecule has 16 nitrogen and oxygen atoms in total. The SMILES string of the molecule is O=C([O-])c1ccnc(-c2cc(C(=O)[O-])ccn2)c1.O=C([O-])c1ccnc(-c2cc(C(=O)[O-])ccn2)c1.[Os+4].c1ccc(-c2ccccn2)nc1.c1ccc(-c2ccccn2)nc1. The van der Waals surface area contributed by atoms with Gasteiger partial charge in [0.05, 0.1) is 69.4 Å². The molecule has 17 heteroatoms. The van der Waals surface area contributed by atoms with Crippen LogP contribution < -0.4 is 20.4 Å². The van der Waals surface area contributed by atoms with E-state index in [1.54, 1.807) is 24.8 Å². The predicted octanol–water partition coefficient (Wildman–Crippen LogP) is 2.03. The molecule has 0 atom stereocenters. The van der Waals surface area contributed by atoms with Gasteiger partial charge in [0.1, 0.15) is 0 Å². The molecule has 0 saturated carbocycles. The minimum Gasteiger partial charge on any atom is -0.545 e. The zero-order chi connectivity index (χ0) is 42.7. The second-order valence-corrected chi connectivity index (χ2v) is 11.7. The summed E-state index contributed by atoms with van der Waals surface area (Å²) >= 11 is 0. The monoisotopic (exact) mass is 988 g/mol. The molecule has 0 aliphatic rings. The van der Waals surface area contributed by atoms with E-state index in [2.05, 4.69) is 39.9 Å². The van der Waals surface area contributed by atoms with Gasteiger partial charge in [-0.15, -0.1) is 0 Å². The van der Waals surface area contributed by atoms with Gasteiger partial charge in [-0.2, -0.15) is 0 Å². The van der Waals surface area contributed by atoms with Gasteiger partial charge in [0.15, 0.2) is 0 Å². The van der Waals surface area contributed by atoms with Crippen molar-refractivity contribution in [3.8, 4) is 45.6 Å². The van der Waals surface area contributed by atoms with Gasteiger partial charge in [-0.1, -0.05) is 24.3 Å². The van der Waals surface area contributed by atoms with Gasteiger partial charge < -0.3 is 39.6 Å². The van der Waals surface area contributed by atoms with Crippen LogP contribution in [0.15, 0.2) is 171 Å². The van der Waals surface area contributed by atoms with Crippen molar-refractivity contribution in [2.45, 2.75) is 0 Å². The first-order valence-electron chi connectivity index (χ1n) is 17.4. The number of carbonyl (C=O) groups is 4. The van der Waals surface area contributed by atoms with Crippen LogP contribution in [0.2, 0.25) is 0 Å². The molecule has 0 radical (unpaired) electrons. The standard InChI is InChI=1S/2C12H8N2O4.2C10H8N2.Os/c2*15-11(16)7-1-3-13-9(5-7)10-6-8(12(17)18)2-4-14-10;2*1-3-7-11-9(5-1)10-6-2-4-8-12-10;/h2*1-6H,(H,15,16)(H,17,18);2*1-8H;/q;;;;+4/p-4. The van der Waals surface area contributed by atoms with E-state index in [1.165, 1.54) is 73.3 Å². The Morgan fingerprint density at radius 2 is 0.475 bits per heavy atom. The maximum Gasteiger partial charge on any atom is 4.00 e. The van der Waals surface area contributed by atoms with Crippen molar-refractivity contribution >= 4 is 23.9 Å². The van der Waals surface area contributed by atoms with Crippen LogP contribution in [0.3, 0.4) is 0 Å². The molecule has 0 amide bonds. The molecule has 300 valence electrons. The molecule has 8 aromatic heterocycles. The number of hydrogen-bond acceptors (Lipinski definition) is 16. The third-order valence-electron chi connectivity index (χ3n) is 7.69. The summed E-state index contributed by atoms with van der Waals surface area (Å²) in [6.07, 6.45) is 12.2. The number of aromatic nitrogens is 8. The predicted molar refractivity (Wildman–Crippen MR) is 207 cm³/mol. The van der Waals surface area contributed by atoms with Gasteiger partial charge in [0, 0.05) is 71.8 Å². The third-order valence-corrected chi connectivity index (χ3v) is 7.69. The van der Waals surface area contributed by atoms with E-state index >= 15 is 0 Å². The van der Waals surface area contributed by atoms with Crippen molar-refractivity contribution < 1.29 is 59.4 Å². The fourth-order valence-electron chi connectivity index (χ4n) is 4.85. The number of pyridine rings is 8. The van der Waals surface area contributed by atoms with Crippen molar-refractivity contribution in [2.24, 2.45) is 0 Å². The van der Waals surface area contributed by atoms with Gasteiger partial charge >= 0.3 is 19.8 Å². The molecule has 0 N–H and O–H groups in total. The smallest absolute Gasteiger partial charge is 0.545 e. The first kappa shape index (κ1) is 45.4. The minimum absolute atomic E-state index is 0. The van der Waals surface area contributed by atoms with E-state index in [4.69, 9.17) is 0 Å². The fraction of sp³-hybridized carbons (Fsp3) is 0. The van der Waals surface area contributed by atoms with Crippen LogP contribution in [0.25, 0.3) is 45.6 Å². The Morgan fingerprint density at radius 1 is 0.279 bits per heavy atom. The second kappa shape index (κ2) is 23.2. The Balaban J connectivity index is 0.000000181. The van der Waals surface area contributed by atoms with E-state index in [0.717, 1.165) is 22.8 Å². The van der Waals surface area contributed by atoms with Crippen LogP contribution in [-0.4, -0.2) is 63.7 Å². The average Bonchev–Trinajstić information content (AvgIpc) is 3.31. The van der Waals surface area contributed by atoms with Crippen LogP contribution >= 0.6 is 0 Å². The molecule has 0 saturated heterocycles. The summed E-state index contributed by atoms with van der Waals surface area (Å²) in [5.74, 6) is -5.35. The van der Waals surface area contributed by atoms with E-state index in [9.17, 15) is 39.6 Å². The zero-order valence-corrected chi connectivity index (χ0v) is 33.9. The van der Waals surface area contributed by atoms with Gasteiger partial charge in [-0.05, 0) is 97.1 Å². The summed E-state index contributed by atoms with van der Waals surface area (Å²) in [6.45, 7) is 0. The molecule has 8 aromatic rings. The zero-order valence-electron chi connectivity index (χ0n) is 31.4. The summed E-state index contributed by atoms with van der Waals surface area (Å²) in [4.78, 5) is 75.2. The summed E-state index contributed by atoms with van der Waals surface area (Å²) in [6, 6.07) is 33.3. The van der Waals surface area contributed by atoms with E-state index < -0.39 is 23.9 Å². The summed E-state index contributed by atoms with van der Waals surface area (Å²) in [5.41, 5.74) is 4.44. The van der Waals surface area contributed by atoms with Crippen molar-refractivity contribution in [2.75, 3.05) is 0 Å². The maximum atomic E-state index is 10.7. The first-order valence-corrected chi connectivity index (χ1v) is 17.4. The number of rotatable bonds is 8. The normalized spacial score (nSPS) is 9.70. The maximum absolute atomic E-state index is 10.7. The molecule has 0 unspecified atom stereocenters. The third kappa shape index (κ3) is 14.0. The molecule has 0 aliphatic carbocycles. The van der Waals surface area contributed by atoms with Crippen molar-refractivity contribution in [1.29, 1.82) is 0 Å².